The molecule has 1 aromatic heterocycles. The molecule has 1 aliphatic rings. The molecule has 0 radical (unpaired) electrons. The minimum Gasteiger partial charge on any atom is -0.306 e. The van der Waals surface area contributed by atoms with Crippen LogP contribution in [0.4, 0.5) is 13.8 Å². The molecule has 3 aromatic rings. The van der Waals surface area contributed by atoms with Crippen LogP contribution in [0.3, 0.4) is 0 Å². The number of carbonyl (C=O) groups excluding carboxylic acids is 2. The van der Waals surface area contributed by atoms with Gasteiger partial charge in [0, 0.05) is 13.5 Å². The van der Waals surface area contributed by atoms with E-state index in [1.165, 1.54) is 22.3 Å². The fraction of sp³-hybridized carbons (Fsp3) is 0.167. The van der Waals surface area contributed by atoms with E-state index in [9.17, 15) is 18.4 Å². The summed E-state index contributed by atoms with van der Waals surface area (Å²) in [5.41, 5.74) is 1.94. The van der Waals surface area contributed by atoms with Crippen molar-refractivity contribution in [2.45, 2.75) is 12.8 Å². The van der Waals surface area contributed by atoms with Crippen LogP contribution in [-0.2, 0) is 17.6 Å². The summed E-state index contributed by atoms with van der Waals surface area (Å²) in [4.78, 5) is 27.9. The summed E-state index contributed by atoms with van der Waals surface area (Å²) in [6, 6.07) is 15.0. The Morgan fingerprint density at radius 1 is 1.00 bits per heavy atom. The fourth-order valence-corrected chi connectivity index (χ4v) is 4.42. The Balaban J connectivity index is 1.57. The van der Waals surface area contributed by atoms with Crippen LogP contribution in [0, 0.1) is 29.4 Å². The number of hydrogen-bond donors (Lipinski definition) is 0. The Bertz CT molecular complexity index is 1190. The van der Waals surface area contributed by atoms with Gasteiger partial charge in [0.1, 0.15) is 10.9 Å². The Kier molecular flexibility index (Phi) is 5.47. The number of thiophene rings is 1. The minimum absolute atomic E-state index is 0.0174. The number of halogens is 2. The maximum Gasteiger partial charge on any atom is 0.238 e. The van der Waals surface area contributed by atoms with Crippen molar-refractivity contribution < 1.29 is 18.4 Å². The Hall–Kier alpha value is -3.30. The monoisotopic (exact) mass is 421 g/mol. The number of carbonyl (C=O) groups is 2. The highest BCUT2D eigenvalue weighted by atomic mass is 32.1. The number of ketones is 1. The summed E-state index contributed by atoms with van der Waals surface area (Å²) in [6.07, 6.45) is 0.606. The Morgan fingerprint density at radius 3 is 2.50 bits per heavy atom. The van der Waals surface area contributed by atoms with Crippen molar-refractivity contribution in [2.75, 3.05) is 11.9 Å². The summed E-state index contributed by atoms with van der Waals surface area (Å²) in [7, 11) is 1.61. The highest BCUT2D eigenvalue weighted by molar-refractivity contribution is 7.17. The molecule has 0 bridgehead atoms. The maximum atomic E-state index is 13.5. The molecule has 1 atom stereocenters. The van der Waals surface area contributed by atoms with Gasteiger partial charge >= 0.3 is 0 Å². The Labute approximate surface area is 177 Å². The van der Waals surface area contributed by atoms with Crippen molar-refractivity contribution in [3.05, 3.63) is 87.8 Å². The van der Waals surface area contributed by atoms with E-state index in [0.717, 1.165) is 17.7 Å². The van der Waals surface area contributed by atoms with E-state index in [-0.39, 0.29) is 18.1 Å². The zero-order valence-electron chi connectivity index (χ0n) is 16.1. The van der Waals surface area contributed by atoms with E-state index in [1.54, 1.807) is 13.1 Å². The molecule has 1 unspecified atom stereocenters. The zero-order valence-corrected chi connectivity index (χ0v) is 16.9. The first-order valence-electron chi connectivity index (χ1n) is 9.36. The highest BCUT2D eigenvalue weighted by Gasteiger charge is 2.39. The lowest BCUT2D eigenvalue weighted by molar-refractivity contribution is -0.120. The van der Waals surface area contributed by atoms with E-state index >= 15 is 0 Å². The van der Waals surface area contributed by atoms with Gasteiger partial charge < -0.3 is 4.90 Å². The lowest BCUT2D eigenvalue weighted by Crippen LogP contribution is -2.42. The summed E-state index contributed by atoms with van der Waals surface area (Å²) >= 11 is 1.30. The number of anilines is 1. The number of amides is 1. The van der Waals surface area contributed by atoms with Crippen LogP contribution >= 0.6 is 11.3 Å². The van der Waals surface area contributed by atoms with Gasteiger partial charge in [0.15, 0.2) is 17.4 Å². The summed E-state index contributed by atoms with van der Waals surface area (Å²) < 4.78 is 26.7. The van der Waals surface area contributed by atoms with Crippen molar-refractivity contribution in [1.29, 1.82) is 0 Å². The number of Topliss-reactive ketones (excluding diaryl/α,β-unsaturated/α-hetero) is 1. The Morgan fingerprint density at radius 2 is 1.77 bits per heavy atom. The minimum atomic E-state index is -0.997. The van der Waals surface area contributed by atoms with Gasteiger partial charge in [-0.2, -0.15) is 0 Å². The maximum absolute atomic E-state index is 13.5. The van der Waals surface area contributed by atoms with Crippen LogP contribution in [0.2, 0.25) is 0 Å². The molecular weight excluding hydrogens is 404 g/mol. The zero-order chi connectivity index (χ0) is 21.3. The average Bonchev–Trinajstić information content (AvgIpc) is 3.17. The molecular formula is C24H17F2NO2S. The number of benzene rings is 2. The molecule has 0 saturated heterocycles. The number of rotatable bonds is 3. The van der Waals surface area contributed by atoms with Crippen molar-refractivity contribution in [1.82, 2.24) is 0 Å². The average molecular weight is 421 g/mol. The molecule has 0 saturated carbocycles. The van der Waals surface area contributed by atoms with Crippen molar-refractivity contribution in [3.8, 4) is 11.8 Å². The van der Waals surface area contributed by atoms with Crippen LogP contribution in [-0.4, -0.2) is 18.7 Å². The van der Waals surface area contributed by atoms with Gasteiger partial charge in [-0.15, -0.1) is 11.3 Å². The van der Waals surface area contributed by atoms with Crippen molar-refractivity contribution in [3.63, 3.8) is 0 Å². The van der Waals surface area contributed by atoms with Crippen LogP contribution in [0.15, 0.2) is 54.6 Å². The van der Waals surface area contributed by atoms with E-state index < -0.39 is 17.6 Å². The predicted octanol–water partition coefficient (Wildman–Crippen LogP) is 4.64. The van der Waals surface area contributed by atoms with E-state index in [4.69, 9.17) is 0 Å². The molecule has 1 amide bonds. The number of nitrogens with zero attached hydrogens (tertiary/aromatic N) is 1. The second-order valence-electron chi connectivity index (χ2n) is 7.06. The molecule has 2 heterocycles. The van der Waals surface area contributed by atoms with Crippen molar-refractivity contribution in [2.24, 2.45) is 5.92 Å². The quantitative estimate of drug-likeness (QED) is 0.457. The summed E-state index contributed by atoms with van der Waals surface area (Å²) in [5.74, 6) is 2.57. The molecule has 2 aromatic carbocycles. The topological polar surface area (TPSA) is 37.4 Å². The molecule has 0 N–H and O–H groups in total. The molecule has 0 fully saturated rings. The normalized spacial score (nSPS) is 15.6. The molecule has 3 nitrogen and oxygen atoms in total. The van der Waals surface area contributed by atoms with E-state index in [1.807, 2.05) is 30.3 Å². The third-order valence-electron chi connectivity index (χ3n) is 5.00. The third kappa shape index (κ3) is 3.89. The molecule has 4 rings (SSSR count). The van der Waals surface area contributed by atoms with Crippen LogP contribution in [0.5, 0.6) is 0 Å². The fourth-order valence-electron chi connectivity index (χ4n) is 3.41. The van der Waals surface area contributed by atoms with Gasteiger partial charge in [-0.1, -0.05) is 48.2 Å². The van der Waals surface area contributed by atoms with Gasteiger partial charge in [0.25, 0.3) is 0 Å². The third-order valence-corrected chi connectivity index (χ3v) is 6.13. The largest absolute Gasteiger partial charge is 0.306 e. The molecule has 30 heavy (non-hydrogen) atoms. The van der Waals surface area contributed by atoms with Crippen LogP contribution < -0.4 is 4.90 Å². The summed E-state index contributed by atoms with van der Waals surface area (Å²) in [6.45, 7) is 0. The van der Waals surface area contributed by atoms with Crippen LogP contribution in [0.25, 0.3) is 0 Å². The van der Waals surface area contributed by atoms with Gasteiger partial charge in [-0.25, -0.2) is 8.78 Å². The van der Waals surface area contributed by atoms with Gasteiger partial charge in [-0.05, 0) is 35.7 Å². The molecule has 6 heteroatoms. The van der Waals surface area contributed by atoms with Crippen LogP contribution in [0.1, 0.15) is 26.4 Å². The number of hydrogen-bond acceptors (Lipinski definition) is 3. The first-order valence-corrected chi connectivity index (χ1v) is 10.2. The second-order valence-corrected chi connectivity index (χ2v) is 8.09. The van der Waals surface area contributed by atoms with Gasteiger partial charge in [0.2, 0.25) is 5.91 Å². The predicted molar refractivity (Wildman–Crippen MR) is 113 cm³/mol. The van der Waals surface area contributed by atoms with Crippen molar-refractivity contribution >= 4 is 28.0 Å². The molecule has 0 spiro atoms. The molecule has 0 aliphatic carbocycles. The molecule has 150 valence electrons. The lowest BCUT2D eigenvalue weighted by Gasteiger charge is -2.28. The van der Waals surface area contributed by atoms with Gasteiger partial charge in [-0.3, -0.25) is 9.59 Å². The first-order chi connectivity index (χ1) is 14.4. The lowest BCUT2D eigenvalue weighted by atomic mass is 9.88. The second kappa shape index (κ2) is 8.21. The van der Waals surface area contributed by atoms with E-state index in [0.29, 0.717) is 27.4 Å². The first kappa shape index (κ1) is 20.0. The van der Waals surface area contributed by atoms with E-state index in [2.05, 4.69) is 11.8 Å². The molecule has 1 aliphatic heterocycles. The number of fused-ring (bicyclic) bond motifs is 1. The highest BCUT2D eigenvalue weighted by Crippen LogP contribution is 2.38. The standard InChI is InChI=1S/C24H17F2NO2S/c1-27-23(29)18(12-16-10-11-20(25)21(26)13-16)22(28)19-14-17(30-24(19)27)9-5-8-15-6-3-2-4-7-15/h2-4,6-7,10-11,13-14,18H,8,12H2,1H3. The smallest absolute Gasteiger partial charge is 0.238 e. The van der Waals surface area contributed by atoms with Gasteiger partial charge in [0.05, 0.1) is 10.4 Å². The summed E-state index contributed by atoms with van der Waals surface area (Å²) in [5, 5.41) is 0.565. The SMILES string of the molecule is CN1C(=O)C(Cc2ccc(F)c(F)c2)C(=O)c2cc(C#CCc3ccccc3)sc21.